The van der Waals surface area contributed by atoms with Crippen molar-refractivity contribution in [2.45, 2.75) is 32.3 Å². The van der Waals surface area contributed by atoms with E-state index in [1.54, 1.807) is 43.0 Å². The van der Waals surface area contributed by atoms with Crippen LogP contribution in [-0.2, 0) is 9.59 Å². The average molecular weight is 385 g/mol. The van der Waals surface area contributed by atoms with Crippen molar-refractivity contribution in [2.24, 2.45) is 5.92 Å². The molecular weight excluding hydrogens is 360 g/mol. The highest BCUT2D eigenvalue weighted by Gasteiger charge is 2.37. The molecular formula is C18H25ClN2O3S. The third kappa shape index (κ3) is 5.54. The summed E-state index contributed by atoms with van der Waals surface area (Å²) < 4.78 is 5.86. The van der Waals surface area contributed by atoms with Crippen LogP contribution in [0.5, 0.6) is 5.75 Å². The van der Waals surface area contributed by atoms with Crippen LogP contribution in [-0.4, -0.2) is 47.7 Å². The third-order valence-corrected chi connectivity index (χ3v) is 4.74. The SMILES string of the molecule is CC(C)(Oc1ccc(Cl)cc1)C(=O)N1CCC(C(=O)NCCS)CC1. The molecule has 0 aromatic heterocycles. The van der Waals surface area contributed by atoms with Gasteiger partial charge in [0.25, 0.3) is 5.91 Å². The van der Waals surface area contributed by atoms with Gasteiger partial charge in [-0.25, -0.2) is 0 Å². The van der Waals surface area contributed by atoms with Crippen molar-refractivity contribution in [3.05, 3.63) is 29.3 Å². The number of nitrogens with one attached hydrogen (secondary N) is 1. The van der Waals surface area contributed by atoms with Gasteiger partial charge in [-0.1, -0.05) is 11.6 Å². The Balaban J connectivity index is 1.90. The second kappa shape index (κ2) is 8.81. The van der Waals surface area contributed by atoms with Crippen LogP contribution in [0.15, 0.2) is 24.3 Å². The fraction of sp³-hybridized carbons (Fsp3) is 0.556. The summed E-state index contributed by atoms with van der Waals surface area (Å²) in [4.78, 5) is 26.6. The summed E-state index contributed by atoms with van der Waals surface area (Å²) in [5.41, 5.74) is -0.977. The molecule has 1 N–H and O–H groups in total. The van der Waals surface area contributed by atoms with Gasteiger partial charge in [-0.15, -0.1) is 0 Å². The number of halogens is 1. The summed E-state index contributed by atoms with van der Waals surface area (Å²) in [7, 11) is 0. The van der Waals surface area contributed by atoms with Crippen LogP contribution in [0.4, 0.5) is 0 Å². The predicted octanol–water partition coefficient (Wildman–Crippen LogP) is 2.78. The van der Waals surface area contributed by atoms with Crippen molar-refractivity contribution in [3.63, 3.8) is 0 Å². The standard InChI is InChI=1S/C18H25ClN2O3S/c1-18(2,24-15-5-3-14(19)4-6-15)17(23)21-10-7-13(8-11-21)16(22)20-9-12-25/h3-6,13,25H,7-12H2,1-2H3,(H,20,22). The van der Waals surface area contributed by atoms with Crippen molar-refractivity contribution >= 4 is 36.0 Å². The van der Waals surface area contributed by atoms with Gasteiger partial charge in [-0.2, -0.15) is 12.6 Å². The zero-order chi connectivity index (χ0) is 18.4. The zero-order valence-corrected chi connectivity index (χ0v) is 16.3. The lowest BCUT2D eigenvalue weighted by Gasteiger charge is -2.36. The minimum absolute atomic E-state index is 0.0378. The second-order valence-corrected chi connectivity index (χ2v) is 7.53. The largest absolute Gasteiger partial charge is 0.478 e. The van der Waals surface area contributed by atoms with E-state index in [0.29, 0.717) is 49.0 Å². The van der Waals surface area contributed by atoms with Crippen LogP contribution >= 0.6 is 24.2 Å². The number of rotatable bonds is 6. The first-order chi connectivity index (χ1) is 11.8. The molecule has 0 aliphatic carbocycles. The van der Waals surface area contributed by atoms with Gasteiger partial charge in [0.1, 0.15) is 5.75 Å². The van der Waals surface area contributed by atoms with Gasteiger partial charge in [-0.3, -0.25) is 9.59 Å². The molecule has 138 valence electrons. The molecule has 5 nitrogen and oxygen atoms in total. The van der Waals surface area contributed by atoms with Crippen LogP contribution < -0.4 is 10.1 Å². The van der Waals surface area contributed by atoms with E-state index < -0.39 is 5.60 Å². The number of thiol groups is 1. The number of ether oxygens (including phenoxy) is 1. The summed E-state index contributed by atoms with van der Waals surface area (Å²) in [6.07, 6.45) is 1.34. The molecule has 0 atom stereocenters. The van der Waals surface area contributed by atoms with Gasteiger partial charge < -0.3 is 15.0 Å². The number of amides is 2. The number of nitrogens with zero attached hydrogens (tertiary/aromatic N) is 1. The molecule has 1 heterocycles. The Bertz CT molecular complexity index is 599. The first kappa shape index (κ1) is 19.9. The Hall–Kier alpha value is -1.40. The van der Waals surface area contributed by atoms with E-state index in [-0.39, 0.29) is 17.7 Å². The van der Waals surface area contributed by atoms with E-state index in [1.165, 1.54) is 0 Å². The van der Waals surface area contributed by atoms with Crippen molar-refractivity contribution in [1.82, 2.24) is 10.2 Å². The first-order valence-electron chi connectivity index (χ1n) is 8.46. The normalized spacial score (nSPS) is 15.8. The van der Waals surface area contributed by atoms with Crippen molar-refractivity contribution in [1.29, 1.82) is 0 Å². The molecule has 1 aliphatic rings. The minimum atomic E-state index is -0.977. The van der Waals surface area contributed by atoms with Crippen LogP contribution in [0, 0.1) is 5.92 Å². The third-order valence-electron chi connectivity index (χ3n) is 4.27. The Kier molecular flexibility index (Phi) is 7.02. The lowest BCUT2D eigenvalue weighted by Crippen LogP contribution is -2.52. The van der Waals surface area contributed by atoms with E-state index in [1.807, 2.05) is 0 Å². The maximum absolute atomic E-state index is 12.8. The highest BCUT2D eigenvalue weighted by Crippen LogP contribution is 2.25. The predicted molar refractivity (Wildman–Crippen MR) is 102 cm³/mol. The van der Waals surface area contributed by atoms with E-state index in [9.17, 15) is 9.59 Å². The molecule has 0 radical (unpaired) electrons. The maximum Gasteiger partial charge on any atom is 0.266 e. The summed E-state index contributed by atoms with van der Waals surface area (Å²) in [5, 5.41) is 3.48. The summed E-state index contributed by atoms with van der Waals surface area (Å²) >= 11 is 9.96. The maximum atomic E-state index is 12.8. The number of piperidine rings is 1. The first-order valence-corrected chi connectivity index (χ1v) is 9.47. The van der Waals surface area contributed by atoms with Crippen LogP contribution in [0.25, 0.3) is 0 Å². The molecule has 1 aromatic rings. The minimum Gasteiger partial charge on any atom is -0.478 e. The fourth-order valence-electron chi connectivity index (χ4n) is 2.89. The Morgan fingerprint density at radius 3 is 2.44 bits per heavy atom. The Labute approximate surface area is 159 Å². The molecule has 1 saturated heterocycles. The van der Waals surface area contributed by atoms with Gasteiger partial charge in [0.15, 0.2) is 5.60 Å². The van der Waals surface area contributed by atoms with Crippen LogP contribution in [0.1, 0.15) is 26.7 Å². The lowest BCUT2D eigenvalue weighted by atomic mass is 9.94. The fourth-order valence-corrected chi connectivity index (χ4v) is 3.13. The number of carbonyl (C=O) groups is 2. The molecule has 1 aliphatic heterocycles. The summed E-state index contributed by atoms with van der Waals surface area (Å²) in [5.74, 6) is 1.17. The molecule has 2 amide bonds. The molecule has 1 aromatic carbocycles. The van der Waals surface area contributed by atoms with Gasteiger partial charge in [0.05, 0.1) is 0 Å². The average Bonchev–Trinajstić information content (AvgIpc) is 2.61. The Morgan fingerprint density at radius 1 is 1.28 bits per heavy atom. The van der Waals surface area contributed by atoms with E-state index in [2.05, 4.69) is 17.9 Å². The second-order valence-electron chi connectivity index (χ2n) is 6.65. The van der Waals surface area contributed by atoms with Gasteiger partial charge in [-0.05, 0) is 51.0 Å². The summed E-state index contributed by atoms with van der Waals surface area (Å²) in [6.45, 7) is 5.21. The molecule has 1 fully saturated rings. The number of hydrogen-bond acceptors (Lipinski definition) is 4. The highest BCUT2D eigenvalue weighted by atomic mass is 35.5. The van der Waals surface area contributed by atoms with Crippen LogP contribution in [0.3, 0.4) is 0 Å². The van der Waals surface area contributed by atoms with Gasteiger partial charge >= 0.3 is 0 Å². The molecule has 0 bridgehead atoms. The molecule has 25 heavy (non-hydrogen) atoms. The number of likely N-dealkylation sites (tertiary alicyclic amines) is 1. The van der Waals surface area contributed by atoms with Gasteiger partial charge in [0, 0.05) is 36.3 Å². The smallest absolute Gasteiger partial charge is 0.266 e. The molecule has 7 heteroatoms. The monoisotopic (exact) mass is 384 g/mol. The van der Waals surface area contributed by atoms with E-state index in [0.717, 1.165) is 0 Å². The van der Waals surface area contributed by atoms with Crippen molar-refractivity contribution in [3.8, 4) is 5.75 Å². The van der Waals surface area contributed by atoms with Gasteiger partial charge in [0.2, 0.25) is 5.91 Å². The lowest BCUT2D eigenvalue weighted by molar-refractivity contribution is -0.148. The topological polar surface area (TPSA) is 58.6 Å². The summed E-state index contributed by atoms with van der Waals surface area (Å²) in [6, 6.07) is 6.95. The van der Waals surface area contributed by atoms with E-state index in [4.69, 9.17) is 16.3 Å². The van der Waals surface area contributed by atoms with Crippen molar-refractivity contribution < 1.29 is 14.3 Å². The molecule has 2 rings (SSSR count). The highest BCUT2D eigenvalue weighted by molar-refractivity contribution is 7.80. The van der Waals surface area contributed by atoms with Crippen molar-refractivity contribution in [2.75, 3.05) is 25.4 Å². The number of hydrogen-bond donors (Lipinski definition) is 2. The number of benzene rings is 1. The Morgan fingerprint density at radius 2 is 1.88 bits per heavy atom. The molecule has 0 saturated carbocycles. The zero-order valence-electron chi connectivity index (χ0n) is 14.6. The quantitative estimate of drug-likeness (QED) is 0.741. The van der Waals surface area contributed by atoms with E-state index >= 15 is 0 Å². The van der Waals surface area contributed by atoms with Crippen LogP contribution in [0.2, 0.25) is 5.02 Å². The molecule has 0 unspecified atom stereocenters. The number of carbonyl (C=O) groups excluding carboxylic acids is 2. The molecule has 0 spiro atoms.